The number of para-hydroxylation sites is 1. The molecule has 0 aromatic heterocycles. The van der Waals surface area contributed by atoms with E-state index in [2.05, 4.69) is 4.90 Å². The van der Waals surface area contributed by atoms with Gasteiger partial charge in [0.1, 0.15) is 6.04 Å². The number of urea groups is 1. The molecule has 0 radical (unpaired) electrons. The van der Waals surface area contributed by atoms with Crippen LogP contribution in [0.2, 0.25) is 0 Å². The van der Waals surface area contributed by atoms with Crippen LogP contribution in [-0.4, -0.2) is 49.3 Å². The first-order chi connectivity index (χ1) is 10.4. The molecule has 1 heterocycles. The topological polar surface area (TPSA) is 35.6 Å². The normalized spacial score (nSPS) is 17.8. The summed E-state index contributed by atoms with van der Waals surface area (Å²) in [6.45, 7) is 3.21. The van der Waals surface area contributed by atoms with Gasteiger partial charge in [-0.05, 0) is 25.5 Å². The largest absolute Gasteiger partial charge is 0.408 e. The summed E-state index contributed by atoms with van der Waals surface area (Å²) in [6.07, 6.45) is -3.69. The first-order valence-electron chi connectivity index (χ1n) is 7.30. The minimum absolute atomic E-state index is 0.408. The summed E-state index contributed by atoms with van der Waals surface area (Å²) in [7, 11) is 0. The molecule has 7 heteroatoms. The van der Waals surface area contributed by atoms with Crippen molar-refractivity contribution in [1.82, 2.24) is 10.2 Å². The molecule has 1 saturated heterocycles. The summed E-state index contributed by atoms with van der Waals surface area (Å²) in [4.78, 5) is 15.5. The lowest BCUT2D eigenvalue weighted by molar-refractivity contribution is -0.149. The van der Waals surface area contributed by atoms with Crippen LogP contribution in [0.3, 0.4) is 0 Å². The Kier molecular flexibility index (Phi) is 5.15. The van der Waals surface area contributed by atoms with E-state index in [1.54, 1.807) is 0 Å². The van der Waals surface area contributed by atoms with Crippen LogP contribution in [0.1, 0.15) is 13.3 Å². The smallest absolute Gasteiger partial charge is 0.370 e. The van der Waals surface area contributed by atoms with E-state index in [0.29, 0.717) is 19.6 Å². The summed E-state index contributed by atoms with van der Waals surface area (Å²) in [5, 5.41) is 2.02. The Morgan fingerprint density at radius 3 is 2.45 bits per heavy atom. The standard InChI is InChI=1S/C15H20F3N3O/c1-12(15(16,17)18)19-14(22)21-9-5-8-20(10-11-21)13-6-3-2-4-7-13/h2-4,6-7,12H,5,8-11H2,1H3,(H,19,22). The van der Waals surface area contributed by atoms with Crippen molar-refractivity contribution in [2.75, 3.05) is 31.1 Å². The summed E-state index contributed by atoms with van der Waals surface area (Å²) >= 11 is 0. The van der Waals surface area contributed by atoms with E-state index in [1.807, 2.05) is 35.6 Å². The van der Waals surface area contributed by atoms with Gasteiger partial charge < -0.3 is 15.1 Å². The number of amides is 2. The zero-order chi connectivity index (χ0) is 16.2. The predicted molar refractivity (Wildman–Crippen MR) is 78.9 cm³/mol. The Morgan fingerprint density at radius 2 is 1.82 bits per heavy atom. The van der Waals surface area contributed by atoms with E-state index in [4.69, 9.17) is 0 Å². The van der Waals surface area contributed by atoms with Crippen molar-refractivity contribution in [2.24, 2.45) is 0 Å². The van der Waals surface area contributed by atoms with Crippen molar-refractivity contribution in [2.45, 2.75) is 25.6 Å². The molecule has 0 saturated carbocycles. The number of nitrogens with zero attached hydrogens (tertiary/aromatic N) is 2. The Bertz CT molecular complexity index is 493. The molecule has 2 amide bonds. The second-order valence-electron chi connectivity index (χ2n) is 5.38. The highest BCUT2D eigenvalue weighted by molar-refractivity contribution is 5.74. The lowest BCUT2D eigenvalue weighted by Gasteiger charge is -2.25. The molecule has 1 aromatic rings. The van der Waals surface area contributed by atoms with Gasteiger partial charge in [-0.15, -0.1) is 0 Å². The molecule has 1 aromatic carbocycles. The minimum Gasteiger partial charge on any atom is -0.370 e. The quantitative estimate of drug-likeness (QED) is 0.911. The molecular formula is C15H20F3N3O. The number of carbonyl (C=O) groups excluding carboxylic acids is 1. The van der Waals surface area contributed by atoms with Crippen molar-refractivity contribution >= 4 is 11.7 Å². The number of hydrogen-bond donors (Lipinski definition) is 1. The second kappa shape index (κ2) is 6.89. The maximum Gasteiger partial charge on any atom is 0.408 e. The molecule has 1 unspecified atom stereocenters. The predicted octanol–water partition coefficient (Wildman–Crippen LogP) is 2.86. The third-order valence-corrected chi connectivity index (χ3v) is 3.74. The molecule has 0 bridgehead atoms. The third-order valence-electron chi connectivity index (χ3n) is 3.74. The molecule has 1 N–H and O–H groups in total. The molecule has 122 valence electrons. The molecule has 1 atom stereocenters. The van der Waals surface area contributed by atoms with E-state index in [-0.39, 0.29) is 0 Å². The minimum atomic E-state index is -4.42. The maximum atomic E-state index is 12.5. The lowest BCUT2D eigenvalue weighted by Crippen LogP contribution is -2.50. The number of anilines is 1. The van der Waals surface area contributed by atoms with Crippen molar-refractivity contribution in [3.63, 3.8) is 0 Å². The zero-order valence-electron chi connectivity index (χ0n) is 12.4. The number of halogens is 3. The molecule has 2 rings (SSSR count). The van der Waals surface area contributed by atoms with Gasteiger partial charge in [0.15, 0.2) is 0 Å². The number of nitrogens with one attached hydrogen (secondary N) is 1. The van der Waals surface area contributed by atoms with Crippen LogP contribution in [-0.2, 0) is 0 Å². The first kappa shape index (κ1) is 16.5. The van der Waals surface area contributed by atoms with Crippen LogP contribution < -0.4 is 10.2 Å². The van der Waals surface area contributed by atoms with Gasteiger partial charge in [0, 0.05) is 31.9 Å². The SMILES string of the molecule is CC(NC(=O)N1CCCN(c2ccccc2)CC1)C(F)(F)F. The fourth-order valence-electron chi connectivity index (χ4n) is 2.38. The number of benzene rings is 1. The van der Waals surface area contributed by atoms with Crippen LogP contribution in [0.4, 0.5) is 23.7 Å². The van der Waals surface area contributed by atoms with E-state index < -0.39 is 18.2 Å². The third kappa shape index (κ3) is 4.29. The molecule has 1 fully saturated rings. The fourth-order valence-corrected chi connectivity index (χ4v) is 2.38. The fraction of sp³-hybridized carbons (Fsp3) is 0.533. The van der Waals surface area contributed by atoms with E-state index in [0.717, 1.165) is 25.6 Å². The van der Waals surface area contributed by atoms with Gasteiger partial charge in [0.05, 0.1) is 0 Å². The average molecular weight is 315 g/mol. The average Bonchev–Trinajstić information content (AvgIpc) is 2.73. The van der Waals surface area contributed by atoms with Gasteiger partial charge in [-0.1, -0.05) is 18.2 Å². The van der Waals surface area contributed by atoms with Crippen molar-refractivity contribution in [3.05, 3.63) is 30.3 Å². The van der Waals surface area contributed by atoms with Crippen molar-refractivity contribution < 1.29 is 18.0 Å². The number of alkyl halides is 3. The van der Waals surface area contributed by atoms with Crippen molar-refractivity contribution in [3.8, 4) is 0 Å². The number of rotatable bonds is 2. The highest BCUT2D eigenvalue weighted by Gasteiger charge is 2.37. The Hall–Kier alpha value is -1.92. The summed E-state index contributed by atoms with van der Waals surface area (Å²) in [5.41, 5.74) is 1.06. The van der Waals surface area contributed by atoms with Crippen LogP contribution in [0, 0.1) is 0 Å². The second-order valence-corrected chi connectivity index (χ2v) is 5.38. The van der Waals surface area contributed by atoms with Gasteiger partial charge in [0.25, 0.3) is 0 Å². The molecule has 22 heavy (non-hydrogen) atoms. The summed E-state index contributed by atoms with van der Waals surface area (Å²) in [5.74, 6) is 0. The Labute approximate surface area is 127 Å². The van der Waals surface area contributed by atoms with Crippen LogP contribution in [0.25, 0.3) is 0 Å². The molecule has 0 spiro atoms. The van der Waals surface area contributed by atoms with Gasteiger partial charge in [0.2, 0.25) is 0 Å². The molecule has 0 aliphatic carbocycles. The van der Waals surface area contributed by atoms with Crippen LogP contribution in [0.5, 0.6) is 0 Å². The maximum absolute atomic E-state index is 12.5. The van der Waals surface area contributed by atoms with Crippen molar-refractivity contribution in [1.29, 1.82) is 0 Å². The van der Waals surface area contributed by atoms with Crippen LogP contribution in [0.15, 0.2) is 30.3 Å². The van der Waals surface area contributed by atoms with Gasteiger partial charge in [-0.25, -0.2) is 4.79 Å². The monoisotopic (exact) mass is 315 g/mol. The highest BCUT2D eigenvalue weighted by atomic mass is 19.4. The van der Waals surface area contributed by atoms with Gasteiger partial charge in [-0.2, -0.15) is 13.2 Å². The number of hydrogen-bond acceptors (Lipinski definition) is 2. The van der Waals surface area contributed by atoms with E-state index >= 15 is 0 Å². The Balaban J connectivity index is 1.91. The van der Waals surface area contributed by atoms with Gasteiger partial charge in [-0.3, -0.25) is 0 Å². The molecule has 4 nitrogen and oxygen atoms in total. The first-order valence-corrected chi connectivity index (χ1v) is 7.30. The van der Waals surface area contributed by atoms with Crippen LogP contribution >= 0.6 is 0 Å². The highest BCUT2D eigenvalue weighted by Crippen LogP contribution is 2.20. The zero-order valence-corrected chi connectivity index (χ0v) is 12.4. The molecule has 1 aliphatic heterocycles. The molecule has 1 aliphatic rings. The Morgan fingerprint density at radius 1 is 1.14 bits per heavy atom. The van der Waals surface area contributed by atoms with E-state index in [9.17, 15) is 18.0 Å². The van der Waals surface area contributed by atoms with E-state index in [1.165, 1.54) is 4.90 Å². The number of carbonyl (C=O) groups is 1. The molecular weight excluding hydrogens is 295 g/mol. The summed E-state index contributed by atoms with van der Waals surface area (Å²) < 4.78 is 37.5. The van der Waals surface area contributed by atoms with Gasteiger partial charge >= 0.3 is 12.2 Å². The lowest BCUT2D eigenvalue weighted by atomic mass is 10.3. The summed E-state index contributed by atoms with van der Waals surface area (Å²) in [6, 6.07) is 7.29.